The molecule has 1 saturated heterocycles. The van der Waals surface area contributed by atoms with Gasteiger partial charge in [0.1, 0.15) is 10.8 Å². The lowest BCUT2D eigenvalue weighted by Crippen LogP contribution is -2.32. The fourth-order valence-corrected chi connectivity index (χ4v) is 3.58. The SMILES string of the molecule is CCOc1ccccc1N1C[C@H](C(=O)NCc2nc(C(=O)O)cs2)CC1=O. The predicted octanol–water partition coefficient (Wildman–Crippen LogP) is 1.91. The van der Waals surface area contributed by atoms with Crippen molar-refractivity contribution in [1.29, 1.82) is 0 Å². The Bertz CT molecular complexity index is 866. The first kappa shape index (κ1) is 18.8. The second-order valence-corrected chi connectivity index (χ2v) is 6.90. The number of carboxylic acid groups (broad SMARTS) is 1. The molecular weight excluding hydrogens is 370 g/mol. The number of ether oxygens (including phenoxy) is 1. The Morgan fingerprint density at radius 3 is 2.89 bits per heavy atom. The van der Waals surface area contributed by atoms with Crippen LogP contribution in [0.3, 0.4) is 0 Å². The first-order chi connectivity index (χ1) is 13.0. The number of carbonyl (C=O) groups is 3. The molecule has 3 rings (SSSR count). The van der Waals surface area contributed by atoms with Gasteiger partial charge in [-0.05, 0) is 19.1 Å². The lowest BCUT2D eigenvalue weighted by Gasteiger charge is -2.20. The molecule has 9 heteroatoms. The van der Waals surface area contributed by atoms with E-state index in [9.17, 15) is 14.4 Å². The highest BCUT2D eigenvalue weighted by molar-refractivity contribution is 7.09. The molecule has 1 atom stereocenters. The molecule has 2 aromatic rings. The summed E-state index contributed by atoms with van der Waals surface area (Å²) in [5, 5.41) is 13.5. The van der Waals surface area contributed by atoms with Crippen LogP contribution in [0.15, 0.2) is 29.6 Å². The first-order valence-electron chi connectivity index (χ1n) is 8.47. The number of nitrogens with zero attached hydrogens (tertiary/aromatic N) is 2. The number of rotatable bonds is 7. The largest absolute Gasteiger partial charge is 0.492 e. The molecule has 1 aromatic heterocycles. The molecule has 2 heterocycles. The number of benzene rings is 1. The topological polar surface area (TPSA) is 109 Å². The van der Waals surface area contributed by atoms with Gasteiger partial charge in [0.2, 0.25) is 11.8 Å². The van der Waals surface area contributed by atoms with Crippen molar-refractivity contribution in [2.45, 2.75) is 19.9 Å². The molecule has 0 radical (unpaired) electrons. The highest BCUT2D eigenvalue weighted by Gasteiger charge is 2.36. The van der Waals surface area contributed by atoms with E-state index in [1.807, 2.05) is 19.1 Å². The third-order valence-electron chi connectivity index (χ3n) is 4.14. The number of carboxylic acids is 1. The Morgan fingerprint density at radius 2 is 2.19 bits per heavy atom. The lowest BCUT2D eigenvalue weighted by atomic mass is 10.1. The van der Waals surface area contributed by atoms with Crippen LogP contribution in [-0.2, 0) is 16.1 Å². The number of para-hydroxylation sites is 2. The van der Waals surface area contributed by atoms with E-state index < -0.39 is 11.9 Å². The lowest BCUT2D eigenvalue weighted by molar-refractivity contribution is -0.126. The average molecular weight is 389 g/mol. The summed E-state index contributed by atoms with van der Waals surface area (Å²) in [7, 11) is 0. The van der Waals surface area contributed by atoms with Crippen LogP contribution >= 0.6 is 11.3 Å². The van der Waals surface area contributed by atoms with Crippen LogP contribution < -0.4 is 15.0 Å². The van der Waals surface area contributed by atoms with Crippen molar-refractivity contribution in [3.05, 3.63) is 40.3 Å². The molecule has 27 heavy (non-hydrogen) atoms. The molecule has 0 aliphatic carbocycles. The van der Waals surface area contributed by atoms with Crippen LogP contribution in [0.4, 0.5) is 5.69 Å². The number of hydrogen-bond donors (Lipinski definition) is 2. The Balaban J connectivity index is 1.62. The van der Waals surface area contributed by atoms with E-state index in [4.69, 9.17) is 9.84 Å². The van der Waals surface area contributed by atoms with Crippen molar-refractivity contribution in [3.8, 4) is 5.75 Å². The van der Waals surface area contributed by atoms with Gasteiger partial charge in [0.05, 0.1) is 24.8 Å². The molecule has 8 nitrogen and oxygen atoms in total. The molecule has 0 saturated carbocycles. The molecule has 0 bridgehead atoms. The third-order valence-corrected chi connectivity index (χ3v) is 4.99. The number of anilines is 1. The minimum Gasteiger partial charge on any atom is -0.492 e. The molecule has 2 N–H and O–H groups in total. The minimum atomic E-state index is -1.10. The van der Waals surface area contributed by atoms with E-state index in [2.05, 4.69) is 10.3 Å². The summed E-state index contributed by atoms with van der Waals surface area (Å²) in [6, 6.07) is 7.24. The first-order valence-corrected chi connectivity index (χ1v) is 9.35. The molecule has 0 unspecified atom stereocenters. The summed E-state index contributed by atoms with van der Waals surface area (Å²) in [6.45, 7) is 2.76. The summed E-state index contributed by atoms with van der Waals surface area (Å²) in [4.78, 5) is 41.2. The average Bonchev–Trinajstić information content (AvgIpc) is 3.27. The Kier molecular flexibility index (Phi) is 5.70. The molecular formula is C18H19N3O5S. The van der Waals surface area contributed by atoms with Gasteiger partial charge in [-0.3, -0.25) is 9.59 Å². The van der Waals surface area contributed by atoms with Crippen LogP contribution in [0, 0.1) is 5.92 Å². The summed E-state index contributed by atoms with van der Waals surface area (Å²) in [5.74, 6) is -1.37. The van der Waals surface area contributed by atoms with Crippen molar-refractivity contribution in [3.63, 3.8) is 0 Å². The van der Waals surface area contributed by atoms with Gasteiger partial charge in [-0.1, -0.05) is 12.1 Å². The zero-order valence-electron chi connectivity index (χ0n) is 14.7. The number of thiazole rings is 1. The van der Waals surface area contributed by atoms with E-state index >= 15 is 0 Å². The van der Waals surface area contributed by atoms with Crippen molar-refractivity contribution in [1.82, 2.24) is 10.3 Å². The summed E-state index contributed by atoms with van der Waals surface area (Å²) in [5.41, 5.74) is 0.615. The van der Waals surface area contributed by atoms with Gasteiger partial charge in [-0.15, -0.1) is 11.3 Å². The van der Waals surface area contributed by atoms with Gasteiger partial charge >= 0.3 is 5.97 Å². The van der Waals surface area contributed by atoms with Gasteiger partial charge in [-0.2, -0.15) is 0 Å². The normalized spacial score (nSPS) is 16.4. The van der Waals surface area contributed by atoms with Crippen LogP contribution in [0.5, 0.6) is 5.75 Å². The Morgan fingerprint density at radius 1 is 1.41 bits per heavy atom. The summed E-state index contributed by atoms with van der Waals surface area (Å²) >= 11 is 1.17. The molecule has 0 spiro atoms. The minimum absolute atomic E-state index is 0.0426. The summed E-state index contributed by atoms with van der Waals surface area (Å²) < 4.78 is 5.57. The quantitative estimate of drug-likeness (QED) is 0.749. The third kappa shape index (κ3) is 4.25. The molecule has 1 aliphatic heterocycles. The smallest absolute Gasteiger partial charge is 0.355 e. The number of aromatic nitrogens is 1. The van der Waals surface area contributed by atoms with Gasteiger partial charge < -0.3 is 20.1 Å². The van der Waals surface area contributed by atoms with E-state index in [1.165, 1.54) is 16.7 Å². The molecule has 1 aromatic carbocycles. The second-order valence-electron chi connectivity index (χ2n) is 5.96. The van der Waals surface area contributed by atoms with Crippen molar-refractivity contribution < 1.29 is 24.2 Å². The van der Waals surface area contributed by atoms with Crippen LogP contribution in [0.1, 0.15) is 28.8 Å². The maximum Gasteiger partial charge on any atom is 0.355 e. The fraction of sp³-hybridized carbons (Fsp3) is 0.333. The maximum absolute atomic E-state index is 12.4. The molecule has 1 aliphatic rings. The predicted molar refractivity (Wildman–Crippen MR) is 99.0 cm³/mol. The van der Waals surface area contributed by atoms with Gasteiger partial charge in [0.25, 0.3) is 0 Å². The van der Waals surface area contributed by atoms with E-state index in [0.29, 0.717) is 23.1 Å². The number of nitrogens with one attached hydrogen (secondary N) is 1. The van der Waals surface area contributed by atoms with Gasteiger partial charge in [0.15, 0.2) is 5.69 Å². The van der Waals surface area contributed by atoms with Gasteiger partial charge in [-0.25, -0.2) is 9.78 Å². The van der Waals surface area contributed by atoms with Crippen LogP contribution in [0.2, 0.25) is 0 Å². The van der Waals surface area contributed by atoms with Crippen LogP contribution in [0.25, 0.3) is 0 Å². The van der Waals surface area contributed by atoms with Crippen molar-refractivity contribution in [2.75, 3.05) is 18.1 Å². The highest BCUT2D eigenvalue weighted by Crippen LogP contribution is 2.33. The molecule has 142 valence electrons. The Hall–Kier alpha value is -2.94. The standard InChI is InChI=1S/C18H19N3O5S/c1-2-26-14-6-4-3-5-13(14)21-9-11(7-16(21)22)17(23)19-8-15-20-12(10-27-15)18(24)25/h3-6,10-11H,2,7-9H2,1H3,(H,19,23)(H,24,25)/t11-/m1/s1. The van der Waals surface area contributed by atoms with Crippen molar-refractivity contribution in [2.24, 2.45) is 5.92 Å². The highest BCUT2D eigenvalue weighted by atomic mass is 32.1. The van der Waals surface area contributed by atoms with Gasteiger partial charge in [0, 0.05) is 18.3 Å². The number of hydrogen-bond acceptors (Lipinski definition) is 6. The Labute approximate surface area is 159 Å². The zero-order valence-corrected chi connectivity index (χ0v) is 15.5. The van der Waals surface area contributed by atoms with E-state index in [0.717, 1.165) is 0 Å². The molecule has 1 fully saturated rings. The molecule has 2 amide bonds. The monoisotopic (exact) mass is 389 g/mol. The number of aromatic carboxylic acids is 1. The number of amides is 2. The van der Waals surface area contributed by atoms with Crippen LogP contribution in [-0.4, -0.2) is 41.0 Å². The maximum atomic E-state index is 12.4. The number of carbonyl (C=O) groups excluding carboxylic acids is 2. The zero-order chi connectivity index (χ0) is 19.4. The summed E-state index contributed by atoms with van der Waals surface area (Å²) in [6.07, 6.45) is 0.116. The van der Waals surface area contributed by atoms with E-state index in [-0.39, 0.29) is 37.0 Å². The fourth-order valence-electron chi connectivity index (χ4n) is 2.87. The van der Waals surface area contributed by atoms with Crippen molar-refractivity contribution >= 4 is 34.8 Å². The van der Waals surface area contributed by atoms with E-state index in [1.54, 1.807) is 17.0 Å². The second kappa shape index (κ2) is 8.17.